The third-order valence-corrected chi connectivity index (χ3v) is 5.78. The van der Waals surface area contributed by atoms with Crippen LogP contribution in [0.2, 0.25) is 0 Å². The predicted molar refractivity (Wildman–Crippen MR) is 145 cm³/mol. The first-order valence-electron chi connectivity index (χ1n) is 12.4. The summed E-state index contributed by atoms with van der Waals surface area (Å²) in [5.74, 6) is 2.23. The third kappa shape index (κ3) is 6.25. The number of rotatable bonds is 10. The van der Waals surface area contributed by atoms with Gasteiger partial charge < -0.3 is 9.15 Å². The molecule has 0 aliphatic carbocycles. The molecule has 0 atom stereocenters. The molecule has 0 radical (unpaired) electrons. The molecule has 8 nitrogen and oxygen atoms in total. The van der Waals surface area contributed by atoms with E-state index in [4.69, 9.17) is 14.3 Å². The Kier molecular flexibility index (Phi) is 8.04. The monoisotopic (exact) mass is 496 g/mol. The minimum Gasteiger partial charge on any atom is -0.493 e. The lowest BCUT2D eigenvalue weighted by molar-refractivity contribution is 0.288. The Morgan fingerprint density at radius 3 is 2.62 bits per heavy atom. The maximum atomic E-state index is 9.39. The average molecular weight is 497 g/mol. The maximum absolute atomic E-state index is 9.39. The lowest BCUT2D eigenvalue weighted by atomic mass is 10.1. The van der Waals surface area contributed by atoms with E-state index in [1.165, 1.54) is 0 Å². The number of oxazole rings is 1. The summed E-state index contributed by atoms with van der Waals surface area (Å²) in [5.41, 5.74) is 7.49. The fraction of sp³-hybridized carbons (Fsp3) is 0.310. The van der Waals surface area contributed by atoms with Crippen molar-refractivity contribution >= 4 is 12.1 Å². The highest BCUT2D eigenvalue weighted by atomic mass is 16.5. The number of ether oxygens (including phenoxy) is 1. The SMILES string of the molecule is Cc1cc(-c2nn(-c3ccccc3)cc2/C=N/Nc2oc(C(C)C)nc2C#N)ccc1OCCC(C)C. The lowest BCUT2D eigenvalue weighted by Crippen LogP contribution is -2.02. The number of nitrogens with one attached hydrogen (secondary N) is 1. The van der Waals surface area contributed by atoms with Crippen molar-refractivity contribution in [2.45, 2.75) is 47.0 Å². The Balaban J connectivity index is 1.64. The molecule has 4 rings (SSSR count). The van der Waals surface area contributed by atoms with Gasteiger partial charge in [-0.25, -0.2) is 15.1 Å². The second-order valence-electron chi connectivity index (χ2n) is 9.59. The number of anilines is 1. The van der Waals surface area contributed by atoms with E-state index in [9.17, 15) is 5.26 Å². The second kappa shape index (κ2) is 11.6. The van der Waals surface area contributed by atoms with Crippen LogP contribution in [0.1, 0.15) is 62.7 Å². The van der Waals surface area contributed by atoms with Gasteiger partial charge in [-0.2, -0.15) is 15.5 Å². The minimum absolute atomic E-state index is 0.0582. The molecule has 0 bridgehead atoms. The van der Waals surface area contributed by atoms with Crippen LogP contribution in [0.5, 0.6) is 5.75 Å². The number of aryl methyl sites for hydroxylation is 1. The maximum Gasteiger partial charge on any atom is 0.252 e. The van der Waals surface area contributed by atoms with Crippen LogP contribution in [0.25, 0.3) is 16.9 Å². The van der Waals surface area contributed by atoms with Gasteiger partial charge in [0.25, 0.3) is 5.88 Å². The Hall–Kier alpha value is -4.38. The van der Waals surface area contributed by atoms with Crippen molar-refractivity contribution in [3.05, 3.63) is 77.4 Å². The Morgan fingerprint density at radius 2 is 1.95 bits per heavy atom. The molecule has 0 amide bonds. The normalized spacial score (nSPS) is 11.4. The van der Waals surface area contributed by atoms with Crippen LogP contribution in [-0.2, 0) is 0 Å². The summed E-state index contributed by atoms with van der Waals surface area (Å²) in [6.07, 6.45) is 4.60. The van der Waals surface area contributed by atoms with E-state index in [0.29, 0.717) is 18.4 Å². The van der Waals surface area contributed by atoms with Gasteiger partial charge in [0.05, 0.1) is 18.5 Å². The molecule has 0 fully saturated rings. The number of nitriles is 1. The van der Waals surface area contributed by atoms with Crippen molar-refractivity contribution in [1.82, 2.24) is 14.8 Å². The Morgan fingerprint density at radius 1 is 1.16 bits per heavy atom. The van der Waals surface area contributed by atoms with E-state index in [-0.39, 0.29) is 17.5 Å². The Bertz CT molecular complexity index is 1410. The quantitative estimate of drug-likeness (QED) is 0.194. The number of benzene rings is 2. The van der Waals surface area contributed by atoms with Gasteiger partial charge in [0.2, 0.25) is 11.6 Å². The smallest absolute Gasteiger partial charge is 0.252 e. The van der Waals surface area contributed by atoms with E-state index in [1.54, 1.807) is 6.21 Å². The summed E-state index contributed by atoms with van der Waals surface area (Å²) in [4.78, 5) is 4.22. The predicted octanol–water partition coefficient (Wildman–Crippen LogP) is 6.70. The molecule has 0 spiro atoms. The summed E-state index contributed by atoms with van der Waals surface area (Å²) in [6, 6.07) is 18.0. The van der Waals surface area contributed by atoms with Crippen molar-refractivity contribution < 1.29 is 9.15 Å². The zero-order chi connectivity index (χ0) is 26.4. The van der Waals surface area contributed by atoms with Crippen molar-refractivity contribution in [1.29, 1.82) is 5.26 Å². The van der Waals surface area contributed by atoms with Crippen LogP contribution in [0.4, 0.5) is 5.88 Å². The van der Waals surface area contributed by atoms with E-state index >= 15 is 0 Å². The highest BCUT2D eigenvalue weighted by molar-refractivity contribution is 5.89. The molecule has 1 N–H and O–H groups in total. The molecule has 190 valence electrons. The van der Waals surface area contributed by atoms with Gasteiger partial charge in [-0.3, -0.25) is 0 Å². The summed E-state index contributed by atoms with van der Waals surface area (Å²) in [5, 5.41) is 18.6. The topological polar surface area (TPSA) is 101 Å². The van der Waals surface area contributed by atoms with Crippen molar-refractivity contribution in [2.24, 2.45) is 11.0 Å². The number of para-hydroxylation sites is 1. The lowest BCUT2D eigenvalue weighted by Gasteiger charge is -2.11. The van der Waals surface area contributed by atoms with Crippen LogP contribution in [-0.4, -0.2) is 27.6 Å². The first-order valence-corrected chi connectivity index (χ1v) is 12.4. The standard InChI is InChI=1S/C29H32N6O2/c1-19(2)13-14-36-26-12-11-22(15-21(26)5)27-23(18-35(34-27)24-9-7-6-8-10-24)17-31-33-29-25(16-30)32-28(37-29)20(3)4/h6-12,15,17-20,33H,13-14H2,1-5H3/b31-17+. The minimum atomic E-state index is 0.0582. The third-order valence-electron chi connectivity index (χ3n) is 5.78. The van der Waals surface area contributed by atoms with E-state index in [1.807, 2.05) is 80.2 Å². The molecule has 2 heterocycles. The van der Waals surface area contributed by atoms with Crippen molar-refractivity contribution in [2.75, 3.05) is 12.0 Å². The zero-order valence-electron chi connectivity index (χ0n) is 21.9. The van der Waals surface area contributed by atoms with Gasteiger partial charge >= 0.3 is 0 Å². The van der Waals surface area contributed by atoms with Crippen molar-refractivity contribution in [3.8, 4) is 28.8 Å². The molecule has 0 saturated carbocycles. The highest BCUT2D eigenvalue weighted by Gasteiger charge is 2.16. The van der Waals surface area contributed by atoms with Gasteiger partial charge in [-0.15, -0.1) is 0 Å². The van der Waals surface area contributed by atoms with Gasteiger partial charge in [0.15, 0.2) is 0 Å². The molecule has 0 aliphatic heterocycles. The van der Waals surface area contributed by atoms with Crippen LogP contribution in [0.3, 0.4) is 0 Å². The second-order valence-corrected chi connectivity index (χ2v) is 9.59. The highest BCUT2D eigenvalue weighted by Crippen LogP contribution is 2.28. The molecule has 2 aromatic heterocycles. The largest absolute Gasteiger partial charge is 0.493 e. The molecular formula is C29H32N6O2. The number of hydrazone groups is 1. The summed E-state index contributed by atoms with van der Waals surface area (Å²) >= 11 is 0. The van der Waals surface area contributed by atoms with Gasteiger partial charge in [0.1, 0.15) is 17.5 Å². The molecule has 8 heteroatoms. The van der Waals surface area contributed by atoms with Gasteiger partial charge in [-0.05, 0) is 55.2 Å². The Labute approximate surface area is 217 Å². The number of hydrogen-bond donors (Lipinski definition) is 1. The first-order chi connectivity index (χ1) is 17.9. The molecule has 2 aromatic carbocycles. The van der Waals surface area contributed by atoms with Gasteiger partial charge in [-0.1, -0.05) is 45.9 Å². The number of aromatic nitrogens is 3. The molecule has 37 heavy (non-hydrogen) atoms. The average Bonchev–Trinajstić information content (AvgIpc) is 3.50. The van der Waals surface area contributed by atoms with E-state index < -0.39 is 0 Å². The zero-order valence-corrected chi connectivity index (χ0v) is 21.9. The number of hydrogen-bond acceptors (Lipinski definition) is 7. The molecule has 0 aliphatic rings. The number of nitrogens with zero attached hydrogens (tertiary/aromatic N) is 5. The van der Waals surface area contributed by atoms with Crippen LogP contribution >= 0.6 is 0 Å². The first kappa shape index (κ1) is 25.7. The van der Waals surface area contributed by atoms with Crippen LogP contribution < -0.4 is 10.2 Å². The summed E-state index contributed by atoms with van der Waals surface area (Å²) < 4.78 is 13.5. The summed E-state index contributed by atoms with van der Waals surface area (Å²) in [7, 11) is 0. The van der Waals surface area contributed by atoms with E-state index in [0.717, 1.165) is 40.2 Å². The molecule has 0 saturated heterocycles. The summed E-state index contributed by atoms with van der Waals surface area (Å²) in [6.45, 7) is 11.0. The van der Waals surface area contributed by atoms with Gasteiger partial charge in [0, 0.05) is 23.2 Å². The fourth-order valence-electron chi connectivity index (χ4n) is 3.68. The molecular weight excluding hydrogens is 464 g/mol. The van der Waals surface area contributed by atoms with E-state index in [2.05, 4.69) is 35.4 Å². The van der Waals surface area contributed by atoms with Crippen molar-refractivity contribution in [3.63, 3.8) is 0 Å². The molecule has 0 unspecified atom stereocenters. The molecule has 4 aromatic rings. The fourth-order valence-corrected chi connectivity index (χ4v) is 3.68. The van der Waals surface area contributed by atoms with Crippen LogP contribution in [0.15, 0.2) is 64.2 Å². The van der Waals surface area contributed by atoms with Crippen LogP contribution in [0, 0.1) is 24.2 Å².